The maximum Gasteiger partial charge on any atom is 0.342 e. The van der Waals surface area contributed by atoms with Crippen molar-refractivity contribution in [3.8, 4) is 16.9 Å². The smallest absolute Gasteiger partial charge is 0.342 e. The standard InChI is InChI=1S/C23H24N4O4/c1-15(2)24-23(30)25-21(28)16(3)31-22(29)19-14-27(18-12-8-5-9-13-18)26-20(19)17-10-6-4-7-11-17/h4-16H,1-3H3,(H2,24,25,28,30). The molecule has 31 heavy (non-hydrogen) atoms. The quantitative estimate of drug-likeness (QED) is 0.596. The first-order valence-corrected chi connectivity index (χ1v) is 9.88. The summed E-state index contributed by atoms with van der Waals surface area (Å²) in [6.07, 6.45) is 0.393. The predicted octanol–water partition coefficient (Wildman–Crippen LogP) is 3.32. The van der Waals surface area contributed by atoms with Crippen molar-refractivity contribution in [2.45, 2.75) is 32.9 Å². The minimum absolute atomic E-state index is 0.136. The van der Waals surface area contributed by atoms with E-state index in [4.69, 9.17) is 4.74 Å². The fraction of sp³-hybridized carbons (Fsp3) is 0.217. The van der Waals surface area contributed by atoms with E-state index < -0.39 is 24.0 Å². The zero-order valence-electron chi connectivity index (χ0n) is 17.5. The zero-order valence-corrected chi connectivity index (χ0v) is 17.5. The monoisotopic (exact) mass is 420 g/mol. The molecule has 2 aromatic carbocycles. The molecule has 0 spiro atoms. The Bertz CT molecular complexity index is 1060. The average Bonchev–Trinajstić information content (AvgIpc) is 3.20. The Hall–Kier alpha value is -3.94. The molecule has 0 bridgehead atoms. The third-order valence-electron chi connectivity index (χ3n) is 4.31. The van der Waals surface area contributed by atoms with E-state index in [1.807, 2.05) is 60.7 Å². The molecule has 0 saturated heterocycles. The van der Waals surface area contributed by atoms with Gasteiger partial charge in [-0.25, -0.2) is 14.3 Å². The third kappa shape index (κ3) is 5.57. The van der Waals surface area contributed by atoms with Crippen LogP contribution in [0.25, 0.3) is 16.9 Å². The van der Waals surface area contributed by atoms with Crippen molar-refractivity contribution in [3.05, 3.63) is 72.4 Å². The first kappa shape index (κ1) is 21.8. The number of hydrogen-bond acceptors (Lipinski definition) is 5. The van der Waals surface area contributed by atoms with Crippen LogP contribution in [0.3, 0.4) is 0 Å². The van der Waals surface area contributed by atoms with Gasteiger partial charge in [0.25, 0.3) is 5.91 Å². The van der Waals surface area contributed by atoms with E-state index in [1.54, 1.807) is 24.7 Å². The van der Waals surface area contributed by atoms with Gasteiger partial charge in [0.2, 0.25) is 0 Å². The van der Waals surface area contributed by atoms with E-state index in [0.717, 1.165) is 11.3 Å². The molecule has 0 aliphatic carbocycles. The van der Waals surface area contributed by atoms with Crippen LogP contribution in [-0.4, -0.2) is 39.8 Å². The first-order chi connectivity index (χ1) is 14.8. The predicted molar refractivity (Wildman–Crippen MR) is 116 cm³/mol. The summed E-state index contributed by atoms with van der Waals surface area (Å²) in [5, 5.41) is 9.26. The van der Waals surface area contributed by atoms with Crippen molar-refractivity contribution in [1.82, 2.24) is 20.4 Å². The molecule has 0 aliphatic heterocycles. The maximum atomic E-state index is 12.9. The Morgan fingerprint density at radius 3 is 2.16 bits per heavy atom. The van der Waals surface area contributed by atoms with Gasteiger partial charge in [-0.1, -0.05) is 48.5 Å². The number of nitrogens with one attached hydrogen (secondary N) is 2. The molecule has 1 aromatic heterocycles. The molecule has 1 heterocycles. The average molecular weight is 420 g/mol. The molecule has 0 fully saturated rings. The molecule has 0 aliphatic rings. The van der Waals surface area contributed by atoms with E-state index in [9.17, 15) is 14.4 Å². The highest BCUT2D eigenvalue weighted by molar-refractivity contribution is 6.00. The Morgan fingerprint density at radius 2 is 1.55 bits per heavy atom. The van der Waals surface area contributed by atoms with Crippen LogP contribution in [0.2, 0.25) is 0 Å². The van der Waals surface area contributed by atoms with Crippen LogP contribution in [0, 0.1) is 0 Å². The Labute approximate surface area is 180 Å². The number of benzene rings is 2. The van der Waals surface area contributed by atoms with E-state index in [0.29, 0.717) is 5.69 Å². The second-order valence-corrected chi connectivity index (χ2v) is 7.20. The molecule has 0 saturated carbocycles. The largest absolute Gasteiger partial charge is 0.449 e. The lowest BCUT2D eigenvalue weighted by Gasteiger charge is -2.14. The lowest BCUT2D eigenvalue weighted by Crippen LogP contribution is -2.46. The van der Waals surface area contributed by atoms with Gasteiger partial charge in [0.05, 0.1) is 5.69 Å². The molecule has 3 amide bonds. The van der Waals surface area contributed by atoms with Gasteiger partial charge in [-0.2, -0.15) is 5.10 Å². The molecule has 3 aromatic rings. The number of aromatic nitrogens is 2. The number of rotatable bonds is 6. The van der Waals surface area contributed by atoms with Crippen LogP contribution in [-0.2, 0) is 9.53 Å². The minimum atomic E-state index is -1.17. The van der Waals surface area contributed by atoms with Gasteiger partial charge in [-0.05, 0) is 32.9 Å². The van der Waals surface area contributed by atoms with Crippen LogP contribution in [0.15, 0.2) is 66.9 Å². The highest BCUT2D eigenvalue weighted by Crippen LogP contribution is 2.24. The van der Waals surface area contributed by atoms with Crippen molar-refractivity contribution < 1.29 is 19.1 Å². The Kier molecular flexibility index (Phi) is 6.81. The normalized spacial score (nSPS) is 11.6. The number of nitrogens with zero attached hydrogens (tertiary/aromatic N) is 2. The van der Waals surface area contributed by atoms with Crippen molar-refractivity contribution in [1.29, 1.82) is 0 Å². The van der Waals surface area contributed by atoms with Crippen molar-refractivity contribution in [3.63, 3.8) is 0 Å². The molecule has 3 rings (SSSR count). The van der Waals surface area contributed by atoms with Gasteiger partial charge in [-0.3, -0.25) is 10.1 Å². The van der Waals surface area contributed by atoms with Crippen molar-refractivity contribution >= 4 is 17.9 Å². The molecule has 160 valence electrons. The van der Waals surface area contributed by atoms with E-state index >= 15 is 0 Å². The fourth-order valence-electron chi connectivity index (χ4n) is 2.83. The van der Waals surface area contributed by atoms with E-state index in [1.165, 1.54) is 6.92 Å². The summed E-state index contributed by atoms with van der Waals surface area (Å²) >= 11 is 0. The summed E-state index contributed by atoms with van der Waals surface area (Å²) in [5.41, 5.74) is 2.15. The summed E-state index contributed by atoms with van der Waals surface area (Å²) in [6.45, 7) is 4.94. The van der Waals surface area contributed by atoms with Crippen LogP contribution in [0.1, 0.15) is 31.1 Å². The number of esters is 1. The first-order valence-electron chi connectivity index (χ1n) is 9.88. The second-order valence-electron chi connectivity index (χ2n) is 7.20. The number of carbonyl (C=O) groups excluding carboxylic acids is 3. The summed E-state index contributed by atoms with van der Waals surface area (Å²) in [6, 6.07) is 17.8. The lowest BCUT2D eigenvalue weighted by atomic mass is 10.1. The van der Waals surface area contributed by atoms with Crippen molar-refractivity contribution in [2.75, 3.05) is 0 Å². The molecule has 2 N–H and O–H groups in total. The molecular formula is C23H24N4O4. The number of urea groups is 1. The van der Waals surface area contributed by atoms with E-state index in [-0.39, 0.29) is 11.6 Å². The van der Waals surface area contributed by atoms with Crippen LogP contribution >= 0.6 is 0 Å². The highest BCUT2D eigenvalue weighted by Gasteiger charge is 2.25. The summed E-state index contributed by atoms with van der Waals surface area (Å²) in [5.74, 6) is -1.43. The lowest BCUT2D eigenvalue weighted by molar-refractivity contribution is -0.127. The number of imide groups is 1. The molecule has 1 unspecified atom stereocenters. The number of ether oxygens (including phenoxy) is 1. The number of hydrogen-bond donors (Lipinski definition) is 2. The van der Waals surface area contributed by atoms with Crippen LogP contribution < -0.4 is 10.6 Å². The topological polar surface area (TPSA) is 102 Å². The van der Waals surface area contributed by atoms with E-state index in [2.05, 4.69) is 15.7 Å². The molecule has 0 radical (unpaired) electrons. The van der Waals surface area contributed by atoms with Crippen LogP contribution in [0.4, 0.5) is 4.79 Å². The number of carbonyl (C=O) groups is 3. The van der Waals surface area contributed by atoms with Gasteiger partial charge in [0, 0.05) is 17.8 Å². The summed E-state index contributed by atoms with van der Waals surface area (Å²) in [7, 11) is 0. The molecule has 1 atom stereocenters. The number of para-hydroxylation sites is 1. The SMILES string of the molecule is CC(C)NC(=O)NC(=O)C(C)OC(=O)c1cn(-c2ccccc2)nc1-c1ccccc1. The highest BCUT2D eigenvalue weighted by atomic mass is 16.5. The van der Waals surface area contributed by atoms with Gasteiger partial charge >= 0.3 is 12.0 Å². The summed E-state index contributed by atoms with van der Waals surface area (Å²) < 4.78 is 6.91. The van der Waals surface area contributed by atoms with Gasteiger partial charge < -0.3 is 10.1 Å². The fourth-order valence-corrected chi connectivity index (χ4v) is 2.83. The Balaban J connectivity index is 1.83. The van der Waals surface area contributed by atoms with Crippen molar-refractivity contribution in [2.24, 2.45) is 0 Å². The zero-order chi connectivity index (χ0) is 22.4. The summed E-state index contributed by atoms with van der Waals surface area (Å²) in [4.78, 5) is 36.8. The Morgan fingerprint density at radius 1 is 0.935 bits per heavy atom. The molecule has 8 nitrogen and oxygen atoms in total. The number of amides is 3. The minimum Gasteiger partial charge on any atom is -0.449 e. The van der Waals surface area contributed by atoms with Gasteiger partial charge in [0.1, 0.15) is 11.3 Å². The van der Waals surface area contributed by atoms with Crippen LogP contribution in [0.5, 0.6) is 0 Å². The van der Waals surface area contributed by atoms with Gasteiger partial charge in [0.15, 0.2) is 6.10 Å². The molecule has 8 heteroatoms. The second kappa shape index (κ2) is 9.71. The molecular weight excluding hydrogens is 396 g/mol. The third-order valence-corrected chi connectivity index (χ3v) is 4.31. The van der Waals surface area contributed by atoms with Gasteiger partial charge in [-0.15, -0.1) is 0 Å². The maximum absolute atomic E-state index is 12.9.